The van der Waals surface area contributed by atoms with E-state index in [9.17, 15) is 0 Å². The molecule has 15 heavy (non-hydrogen) atoms. The van der Waals surface area contributed by atoms with Crippen LogP contribution in [0.5, 0.6) is 0 Å². The molecule has 0 aliphatic rings. The SMILES string of the molecule is CC(C)(C)NCCNCCCCCCO. The zero-order valence-electron chi connectivity index (χ0n) is 10.6. The standard InChI is InChI=1S/C12H28N2O/c1-12(2,3)14-10-9-13-8-6-4-5-7-11-15/h13-15H,4-11H2,1-3H3. The van der Waals surface area contributed by atoms with Crippen molar-refractivity contribution in [2.45, 2.75) is 52.0 Å². The van der Waals surface area contributed by atoms with Crippen LogP contribution in [-0.4, -0.2) is 36.9 Å². The Balaban J connectivity index is 2.99. The van der Waals surface area contributed by atoms with Crippen molar-refractivity contribution in [1.82, 2.24) is 10.6 Å². The van der Waals surface area contributed by atoms with Gasteiger partial charge in [0.25, 0.3) is 0 Å². The number of hydrogen-bond acceptors (Lipinski definition) is 3. The Morgan fingerprint density at radius 2 is 1.53 bits per heavy atom. The Labute approximate surface area is 94.6 Å². The van der Waals surface area contributed by atoms with Gasteiger partial charge in [0.2, 0.25) is 0 Å². The summed E-state index contributed by atoms with van der Waals surface area (Å²) in [5.41, 5.74) is 0.225. The first kappa shape index (κ1) is 14.9. The molecular formula is C12H28N2O. The topological polar surface area (TPSA) is 44.3 Å². The smallest absolute Gasteiger partial charge is 0.0431 e. The summed E-state index contributed by atoms with van der Waals surface area (Å²) in [5.74, 6) is 0. The van der Waals surface area contributed by atoms with Crippen molar-refractivity contribution in [2.75, 3.05) is 26.2 Å². The Kier molecular flexibility index (Phi) is 9.06. The van der Waals surface area contributed by atoms with Crippen LogP contribution < -0.4 is 10.6 Å². The highest BCUT2D eigenvalue weighted by molar-refractivity contribution is 4.70. The van der Waals surface area contributed by atoms with Crippen LogP contribution in [0.2, 0.25) is 0 Å². The summed E-state index contributed by atoms with van der Waals surface area (Å²) in [5, 5.41) is 15.4. The summed E-state index contributed by atoms with van der Waals surface area (Å²) in [4.78, 5) is 0. The summed E-state index contributed by atoms with van der Waals surface area (Å²) >= 11 is 0. The van der Waals surface area contributed by atoms with Gasteiger partial charge >= 0.3 is 0 Å². The molecule has 92 valence electrons. The molecule has 0 saturated heterocycles. The molecule has 0 aromatic heterocycles. The number of aliphatic hydroxyl groups is 1. The van der Waals surface area contributed by atoms with E-state index in [1.165, 1.54) is 12.8 Å². The number of unbranched alkanes of at least 4 members (excludes halogenated alkanes) is 3. The van der Waals surface area contributed by atoms with E-state index in [2.05, 4.69) is 31.4 Å². The lowest BCUT2D eigenvalue weighted by molar-refractivity contribution is 0.282. The molecule has 0 unspecified atom stereocenters. The van der Waals surface area contributed by atoms with Crippen molar-refractivity contribution in [3.05, 3.63) is 0 Å². The second-order valence-electron chi connectivity index (χ2n) is 5.06. The van der Waals surface area contributed by atoms with Crippen molar-refractivity contribution >= 4 is 0 Å². The maximum atomic E-state index is 8.59. The van der Waals surface area contributed by atoms with E-state index in [4.69, 9.17) is 5.11 Å². The van der Waals surface area contributed by atoms with Crippen LogP contribution in [-0.2, 0) is 0 Å². The van der Waals surface area contributed by atoms with Crippen LogP contribution in [0, 0.1) is 0 Å². The van der Waals surface area contributed by atoms with Gasteiger partial charge in [-0.3, -0.25) is 0 Å². The van der Waals surface area contributed by atoms with Gasteiger partial charge in [-0.1, -0.05) is 12.8 Å². The molecule has 3 heteroatoms. The van der Waals surface area contributed by atoms with Crippen molar-refractivity contribution in [3.63, 3.8) is 0 Å². The fourth-order valence-corrected chi connectivity index (χ4v) is 1.37. The highest BCUT2D eigenvalue weighted by atomic mass is 16.2. The quantitative estimate of drug-likeness (QED) is 0.512. The third-order valence-electron chi connectivity index (χ3n) is 2.22. The van der Waals surface area contributed by atoms with Gasteiger partial charge in [0.1, 0.15) is 0 Å². The molecule has 0 saturated carbocycles. The molecule has 0 rings (SSSR count). The Bertz CT molecular complexity index is 132. The molecule has 0 atom stereocenters. The van der Waals surface area contributed by atoms with E-state index in [1.807, 2.05) is 0 Å². The van der Waals surface area contributed by atoms with Gasteiger partial charge in [-0.05, 0) is 40.2 Å². The highest BCUT2D eigenvalue weighted by Crippen LogP contribution is 1.98. The second kappa shape index (κ2) is 9.13. The van der Waals surface area contributed by atoms with Crippen molar-refractivity contribution in [2.24, 2.45) is 0 Å². The zero-order chi connectivity index (χ0) is 11.6. The molecule has 0 aromatic rings. The molecule has 0 spiro atoms. The summed E-state index contributed by atoms with van der Waals surface area (Å²) in [6.07, 6.45) is 4.54. The monoisotopic (exact) mass is 216 g/mol. The van der Waals surface area contributed by atoms with E-state index in [1.54, 1.807) is 0 Å². The molecule has 0 fully saturated rings. The Morgan fingerprint density at radius 3 is 2.13 bits per heavy atom. The van der Waals surface area contributed by atoms with E-state index in [0.717, 1.165) is 32.5 Å². The lowest BCUT2D eigenvalue weighted by Crippen LogP contribution is -2.40. The summed E-state index contributed by atoms with van der Waals surface area (Å²) < 4.78 is 0. The van der Waals surface area contributed by atoms with Crippen molar-refractivity contribution in [1.29, 1.82) is 0 Å². The fraction of sp³-hybridized carbons (Fsp3) is 1.00. The fourth-order valence-electron chi connectivity index (χ4n) is 1.37. The molecular weight excluding hydrogens is 188 g/mol. The van der Waals surface area contributed by atoms with Crippen LogP contribution in [0.4, 0.5) is 0 Å². The molecule has 3 N–H and O–H groups in total. The zero-order valence-corrected chi connectivity index (χ0v) is 10.6. The molecule has 0 heterocycles. The predicted molar refractivity (Wildman–Crippen MR) is 66.2 cm³/mol. The Morgan fingerprint density at radius 1 is 0.867 bits per heavy atom. The maximum absolute atomic E-state index is 8.59. The van der Waals surface area contributed by atoms with E-state index < -0.39 is 0 Å². The van der Waals surface area contributed by atoms with Crippen LogP contribution in [0.1, 0.15) is 46.5 Å². The maximum Gasteiger partial charge on any atom is 0.0431 e. The van der Waals surface area contributed by atoms with Gasteiger partial charge < -0.3 is 15.7 Å². The molecule has 0 aliphatic heterocycles. The van der Waals surface area contributed by atoms with Crippen LogP contribution in [0.15, 0.2) is 0 Å². The van der Waals surface area contributed by atoms with Gasteiger partial charge in [0.05, 0.1) is 0 Å². The van der Waals surface area contributed by atoms with E-state index in [0.29, 0.717) is 6.61 Å². The van der Waals surface area contributed by atoms with E-state index >= 15 is 0 Å². The predicted octanol–water partition coefficient (Wildman–Crippen LogP) is 1.52. The Hall–Kier alpha value is -0.120. The van der Waals surface area contributed by atoms with Crippen molar-refractivity contribution < 1.29 is 5.11 Å². The minimum Gasteiger partial charge on any atom is -0.396 e. The van der Waals surface area contributed by atoms with Gasteiger partial charge in [0.15, 0.2) is 0 Å². The minimum atomic E-state index is 0.225. The first-order valence-electron chi connectivity index (χ1n) is 6.13. The summed E-state index contributed by atoms with van der Waals surface area (Å²) in [7, 11) is 0. The molecule has 0 radical (unpaired) electrons. The third-order valence-corrected chi connectivity index (χ3v) is 2.22. The van der Waals surface area contributed by atoms with Gasteiger partial charge in [-0.2, -0.15) is 0 Å². The number of nitrogens with one attached hydrogen (secondary N) is 2. The van der Waals surface area contributed by atoms with Gasteiger partial charge in [0, 0.05) is 25.2 Å². The van der Waals surface area contributed by atoms with Crippen molar-refractivity contribution in [3.8, 4) is 0 Å². The van der Waals surface area contributed by atoms with Gasteiger partial charge in [-0.15, -0.1) is 0 Å². The molecule has 0 aromatic carbocycles. The normalized spacial score (nSPS) is 12.0. The average molecular weight is 216 g/mol. The molecule has 3 nitrogen and oxygen atoms in total. The molecule has 0 aliphatic carbocycles. The van der Waals surface area contributed by atoms with Gasteiger partial charge in [-0.25, -0.2) is 0 Å². The van der Waals surface area contributed by atoms with Crippen LogP contribution in [0.25, 0.3) is 0 Å². The molecule has 0 bridgehead atoms. The highest BCUT2D eigenvalue weighted by Gasteiger charge is 2.06. The minimum absolute atomic E-state index is 0.225. The van der Waals surface area contributed by atoms with Crippen LogP contribution >= 0.6 is 0 Å². The second-order valence-corrected chi connectivity index (χ2v) is 5.06. The largest absolute Gasteiger partial charge is 0.396 e. The first-order valence-corrected chi connectivity index (χ1v) is 6.13. The molecule has 0 amide bonds. The number of aliphatic hydroxyl groups excluding tert-OH is 1. The lowest BCUT2D eigenvalue weighted by Gasteiger charge is -2.20. The third kappa shape index (κ3) is 13.9. The summed E-state index contributed by atoms with van der Waals surface area (Å²) in [6.45, 7) is 10.0. The lowest BCUT2D eigenvalue weighted by atomic mass is 10.1. The average Bonchev–Trinajstić information content (AvgIpc) is 2.14. The first-order chi connectivity index (χ1) is 7.06. The number of hydrogen-bond donors (Lipinski definition) is 3. The number of rotatable bonds is 9. The van der Waals surface area contributed by atoms with Crippen LogP contribution in [0.3, 0.4) is 0 Å². The van der Waals surface area contributed by atoms with E-state index in [-0.39, 0.29) is 5.54 Å². The summed E-state index contributed by atoms with van der Waals surface area (Å²) in [6, 6.07) is 0.